The predicted molar refractivity (Wildman–Crippen MR) is 132 cm³/mol. The molecule has 1 unspecified atom stereocenters. The van der Waals surface area contributed by atoms with Gasteiger partial charge in [-0.25, -0.2) is 8.42 Å². The summed E-state index contributed by atoms with van der Waals surface area (Å²) in [6.45, 7) is 5.12. The molecule has 1 N–H and O–H groups in total. The van der Waals surface area contributed by atoms with Crippen molar-refractivity contribution < 1.29 is 17.9 Å². The van der Waals surface area contributed by atoms with Gasteiger partial charge in [0, 0.05) is 46.5 Å². The maximum absolute atomic E-state index is 12.7. The molecule has 1 saturated heterocycles. The van der Waals surface area contributed by atoms with Crippen molar-refractivity contribution in [2.24, 2.45) is 4.99 Å². The highest BCUT2D eigenvalue weighted by molar-refractivity contribution is 14.0. The largest absolute Gasteiger partial charge is 0.385 e. The van der Waals surface area contributed by atoms with Crippen LogP contribution in [0.1, 0.15) is 32.6 Å². The van der Waals surface area contributed by atoms with Gasteiger partial charge in [0.25, 0.3) is 0 Å². The number of halogens is 1. The minimum Gasteiger partial charge on any atom is -0.385 e. The van der Waals surface area contributed by atoms with Crippen LogP contribution in [0.25, 0.3) is 0 Å². The Morgan fingerprint density at radius 3 is 2.47 bits per heavy atom. The average molecular weight is 554 g/mol. The van der Waals surface area contributed by atoms with E-state index in [4.69, 9.17) is 9.47 Å². The van der Waals surface area contributed by atoms with E-state index in [9.17, 15) is 8.42 Å². The summed E-state index contributed by atoms with van der Waals surface area (Å²) in [5.74, 6) is 0.809. The van der Waals surface area contributed by atoms with E-state index in [1.54, 1.807) is 38.4 Å². The Bertz CT molecular complexity index is 723. The molecule has 7 nitrogen and oxygen atoms in total. The van der Waals surface area contributed by atoms with Crippen molar-refractivity contribution in [1.82, 2.24) is 10.2 Å². The molecule has 1 aromatic carbocycles. The van der Waals surface area contributed by atoms with Crippen molar-refractivity contribution in [1.29, 1.82) is 0 Å². The number of hydrogen-bond acceptors (Lipinski definition) is 5. The Labute approximate surface area is 198 Å². The number of aliphatic imine (C=N–C) groups is 1. The molecule has 0 saturated carbocycles. The molecule has 0 radical (unpaired) electrons. The van der Waals surface area contributed by atoms with Crippen LogP contribution in [0, 0.1) is 0 Å². The van der Waals surface area contributed by atoms with Gasteiger partial charge in [-0.1, -0.05) is 25.1 Å². The number of rotatable bonds is 10. The van der Waals surface area contributed by atoms with Gasteiger partial charge in [0.05, 0.1) is 16.8 Å². The first-order valence-electron chi connectivity index (χ1n) is 10.4. The molecule has 2 rings (SSSR count). The summed E-state index contributed by atoms with van der Waals surface area (Å²) in [6.07, 6.45) is 3.75. The standard InChI is InChI=1S/C21H35N3O4S.HI/c1-4-18(17-29(25,26)20-9-6-5-7-10-20)23-21(22-2)24-13-11-19(12-14-24)28-16-8-15-27-3;/h5-7,9-10,18-19H,4,8,11-17H2,1-3H3,(H,22,23);1H. The summed E-state index contributed by atoms with van der Waals surface area (Å²) in [7, 11) is 0.0980. The molecule has 1 fully saturated rings. The number of nitrogens with zero attached hydrogens (tertiary/aromatic N) is 2. The zero-order valence-corrected chi connectivity index (χ0v) is 21.4. The van der Waals surface area contributed by atoms with E-state index in [1.165, 1.54) is 0 Å². The highest BCUT2D eigenvalue weighted by atomic mass is 127. The van der Waals surface area contributed by atoms with Crippen molar-refractivity contribution >= 4 is 39.8 Å². The maximum Gasteiger partial charge on any atom is 0.193 e. The van der Waals surface area contributed by atoms with Crippen LogP contribution < -0.4 is 5.32 Å². The van der Waals surface area contributed by atoms with Gasteiger partial charge in [-0.05, 0) is 37.8 Å². The lowest BCUT2D eigenvalue weighted by Gasteiger charge is -2.35. The normalized spacial score (nSPS) is 16.8. The fourth-order valence-electron chi connectivity index (χ4n) is 3.42. The van der Waals surface area contributed by atoms with Crippen LogP contribution in [0.5, 0.6) is 0 Å². The second-order valence-corrected chi connectivity index (χ2v) is 9.33. The molecular weight excluding hydrogens is 517 g/mol. The Morgan fingerprint density at radius 2 is 1.90 bits per heavy atom. The summed E-state index contributed by atoms with van der Waals surface area (Å²) in [5, 5.41) is 3.36. The first-order chi connectivity index (χ1) is 14.0. The molecule has 9 heteroatoms. The Balaban J connectivity index is 0.00000450. The van der Waals surface area contributed by atoms with E-state index in [0.29, 0.717) is 11.3 Å². The predicted octanol–water partition coefficient (Wildman–Crippen LogP) is 2.95. The van der Waals surface area contributed by atoms with Gasteiger partial charge < -0.3 is 19.7 Å². The molecule has 0 spiro atoms. The molecule has 172 valence electrons. The number of methoxy groups -OCH3 is 1. The second-order valence-electron chi connectivity index (χ2n) is 7.29. The van der Waals surface area contributed by atoms with Gasteiger partial charge in [0.2, 0.25) is 0 Å². The van der Waals surface area contributed by atoms with E-state index in [0.717, 1.165) is 51.5 Å². The number of guanidine groups is 1. The van der Waals surface area contributed by atoms with Crippen LogP contribution in [-0.2, 0) is 19.3 Å². The fourth-order valence-corrected chi connectivity index (χ4v) is 5.03. The molecule has 1 heterocycles. The van der Waals surface area contributed by atoms with Crippen LogP contribution in [-0.4, -0.2) is 77.6 Å². The van der Waals surface area contributed by atoms with Crippen LogP contribution in [0.3, 0.4) is 0 Å². The van der Waals surface area contributed by atoms with Crippen molar-refractivity contribution in [2.75, 3.05) is 46.2 Å². The number of ether oxygens (including phenoxy) is 2. The van der Waals surface area contributed by atoms with Crippen molar-refractivity contribution in [2.45, 2.75) is 49.6 Å². The van der Waals surface area contributed by atoms with Crippen LogP contribution in [0.15, 0.2) is 40.2 Å². The Morgan fingerprint density at radius 1 is 1.23 bits per heavy atom. The van der Waals surface area contributed by atoms with Crippen molar-refractivity contribution in [3.8, 4) is 0 Å². The smallest absolute Gasteiger partial charge is 0.193 e. The number of sulfone groups is 1. The molecule has 1 aromatic rings. The lowest BCUT2D eigenvalue weighted by Crippen LogP contribution is -2.51. The molecular formula is C21H36IN3O4S. The van der Waals surface area contributed by atoms with Crippen LogP contribution in [0.2, 0.25) is 0 Å². The monoisotopic (exact) mass is 553 g/mol. The Hall–Kier alpha value is -0.910. The minimum absolute atomic E-state index is 0. The van der Waals surface area contributed by atoms with E-state index in [2.05, 4.69) is 15.2 Å². The van der Waals surface area contributed by atoms with Gasteiger partial charge in [-0.2, -0.15) is 0 Å². The summed E-state index contributed by atoms with van der Waals surface area (Å²) >= 11 is 0. The van der Waals surface area contributed by atoms with E-state index in [-0.39, 0.29) is 41.9 Å². The molecule has 0 aliphatic carbocycles. The highest BCUT2D eigenvalue weighted by Crippen LogP contribution is 2.16. The third-order valence-electron chi connectivity index (χ3n) is 5.15. The van der Waals surface area contributed by atoms with Crippen LogP contribution >= 0.6 is 24.0 Å². The van der Waals surface area contributed by atoms with Gasteiger partial charge in [-0.3, -0.25) is 4.99 Å². The highest BCUT2D eigenvalue weighted by Gasteiger charge is 2.25. The summed E-state index contributed by atoms with van der Waals surface area (Å²) < 4.78 is 36.4. The topological polar surface area (TPSA) is 80.2 Å². The number of likely N-dealkylation sites (tertiary alicyclic amines) is 1. The zero-order valence-electron chi connectivity index (χ0n) is 18.2. The van der Waals surface area contributed by atoms with E-state index in [1.807, 2.05) is 13.0 Å². The van der Waals surface area contributed by atoms with Crippen molar-refractivity contribution in [3.63, 3.8) is 0 Å². The third-order valence-corrected chi connectivity index (χ3v) is 6.98. The third kappa shape index (κ3) is 8.68. The quantitative estimate of drug-likeness (QED) is 0.208. The maximum atomic E-state index is 12.7. The number of benzene rings is 1. The molecule has 1 aliphatic rings. The van der Waals surface area contributed by atoms with Gasteiger partial charge in [0.15, 0.2) is 15.8 Å². The number of hydrogen-bond donors (Lipinski definition) is 1. The number of nitrogens with one attached hydrogen (secondary N) is 1. The van der Waals surface area contributed by atoms with Gasteiger partial charge in [-0.15, -0.1) is 24.0 Å². The zero-order chi connectivity index (χ0) is 21.1. The SMILES string of the molecule is CCC(CS(=O)(=O)c1ccccc1)NC(=NC)N1CCC(OCCCOC)CC1.I. The fraction of sp³-hybridized carbons (Fsp3) is 0.667. The summed E-state index contributed by atoms with van der Waals surface area (Å²) in [4.78, 5) is 6.94. The summed E-state index contributed by atoms with van der Waals surface area (Å²) in [6, 6.07) is 8.43. The first kappa shape index (κ1) is 27.1. The van der Waals surface area contributed by atoms with Gasteiger partial charge >= 0.3 is 0 Å². The molecule has 0 bridgehead atoms. The van der Waals surface area contributed by atoms with E-state index >= 15 is 0 Å². The second kappa shape index (κ2) is 14.2. The molecule has 1 aliphatic heterocycles. The molecule has 1 atom stereocenters. The lowest BCUT2D eigenvalue weighted by atomic mass is 10.1. The minimum atomic E-state index is -3.35. The number of piperidine rings is 1. The first-order valence-corrected chi connectivity index (χ1v) is 12.0. The van der Waals surface area contributed by atoms with E-state index < -0.39 is 9.84 Å². The van der Waals surface area contributed by atoms with Crippen molar-refractivity contribution in [3.05, 3.63) is 30.3 Å². The molecule has 30 heavy (non-hydrogen) atoms. The molecule has 0 aromatic heterocycles. The average Bonchev–Trinajstić information content (AvgIpc) is 2.75. The molecule has 0 amide bonds. The van der Waals surface area contributed by atoms with Gasteiger partial charge in [0.1, 0.15) is 0 Å². The Kier molecular flexibility index (Phi) is 12.8. The summed E-state index contributed by atoms with van der Waals surface area (Å²) in [5.41, 5.74) is 0. The lowest BCUT2D eigenvalue weighted by molar-refractivity contribution is 0.00984. The van der Waals surface area contributed by atoms with Crippen LogP contribution in [0.4, 0.5) is 0 Å².